The molecule has 0 N–H and O–H groups in total. The van der Waals surface area contributed by atoms with E-state index in [2.05, 4.69) is 41.9 Å². The van der Waals surface area contributed by atoms with Crippen LogP contribution < -0.4 is 34.0 Å². The lowest BCUT2D eigenvalue weighted by Crippen LogP contribution is -3.00. The topological polar surface area (TPSA) is 0 Å². The summed E-state index contributed by atoms with van der Waals surface area (Å²) in [6.07, 6.45) is 1.35. The minimum absolute atomic E-state index is 0. The maximum absolute atomic E-state index is 2.32. The van der Waals surface area contributed by atoms with E-state index in [1.807, 2.05) is 0 Å². The minimum Gasteiger partial charge on any atom is -1.00 e. The molecule has 0 aliphatic rings. The van der Waals surface area contributed by atoms with Crippen LogP contribution in [0, 0.1) is 0 Å². The Kier molecular flexibility index (Phi) is 42.6. The second kappa shape index (κ2) is 19.9. The fraction of sp³-hybridized carbons (Fsp3) is 1.00. The van der Waals surface area contributed by atoms with Crippen molar-refractivity contribution in [1.82, 2.24) is 0 Å². The summed E-state index contributed by atoms with van der Waals surface area (Å²) in [7, 11) is 6.83. The number of quaternary nitrogens is 2. The summed E-state index contributed by atoms with van der Waals surface area (Å²) in [6, 6.07) is 0. The number of hydrogen-bond acceptors (Lipinski definition) is 0. The molecule has 4 heteroatoms. The quantitative estimate of drug-likeness (QED) is 0.436. The van der Waals surface area contributed by atoms with Gasteiger partial charge in [0.25, 0.3) is 0 Å². The highest BCUT2D eigenvalue weighted by Gasteiger charge is 2.21. The summed E-state index contributed by atoms with van der Waals surface area (Å²) >= 11 is 0. The molecular formula is C16H46Br2N2. The zero-order valence-corrected chi connectivity index (χ0v) is 15.1. The van der Waals surface area contributed by atoms with Crippen LogP contribution in [0.4, 0.5) is 0 Å². The van der Waals surface area contributed by atoms with Crippen LogP contribution in [0.15, 0.2) is 0 Å². The van der Waals surface area contributed by atoms with Crippen LogP contribution in [0.1, 0.15) is 56.9 Å². The summed E-state index contributed by atoms with van der Waals surface area (Å²) in [6.45, 7) is 13.4. The Bertz CT molecular complexity index is 145. The van der Waals surface area contributed by atoms with E-state index in [1.165, 1.54) is 43.6 Å². The van der Waals surface area contributed by atoms with Crippen molar-refractivity contribution in [3.05, 3.63) is 0 Å². The first-order valence-corrected chi connectivity index (χ1v) is 6.04. The molecule has 0 bridgehead atoms. The Hall–Kier alpha value is 0.880. The van der Waals surface area contributed by atoms with Crippen molar-refractivity contribution >= 4 is 0 Å². The lowest BCUT2D eigenvalue weighted by atomic mass is 10.2. The van der Waals surface area contributed by atoms with Gasteiger partial charge in [-0.15, -0.1) is 0 Å². The van der Waals surface area contributed by atoms with Crippen molar-refractivity contribution in [2.24, 2.45) is 0 Å². The lowest BCUT2D eigenvalue weighted by Gasteiger charge is -2.36. The van der Waals surface area contributed by atoms with Gasteiger partial charge in [0.1, 0.15) is 0 Å². The molecule has 0 atom stereocenters. The average Bonchev–Trinajstić information content (AvgIpc) is 2.11. The molecule has 0 saturated carbocycles. The van der Waals surface area contributed by atoms with Crippen LogP contribution in [-0.2, 0) is 0 Å². The molecule has 134 valence electrons. The molecule has 0 aliphatic heterocycles. The summed E-state index contributed by atoms with van der Waals surface area (Å²) in [5.41, 5.74) is 0. The van der Waals surface area contributed by atoms with Crippen molar-refractivity contribution in [2.75, 3.05) is 53.9 Å². The van der Waals surface area contributed by atoms with E-state index in [4.69, 9.17) is 0 Å². The monoisotopic (exact) mass is 424 g/mol. The second-order valence-electron chi connectivity index (χ2n) is 5.38. The van der Waals surface area contributed by atoms with Crippen LogP contribution in [0.2, 0.25) is 0 Å². The summed E-state index contributed by atoms with van der Waals surface area (Å²) in [4.78, 5) is 0. The van der Waals surface area contributed by atoms with E-state index in [-0.39, 0.29) is 63.7 Å². The van der Waals surface area contributed by atoms with Gasteiger partial charge >= 0.3 is 0 Å². The number of rotatable bonds is 7. The summed E-state index contributed by atoms with van der Waals surface area (Å²) in [5.74, 6) is 0. The van der Waals surface area contributed by atoms with E-state index in [9.17, 15) is 0 Å². The third-order valence-electron chi connectivity index (χ3n) is 3.47. The molecule has 0 heterocycles. The molecule has 0 aliphatic carbocycles. The maximum Gasteiger partial charge on any atom is 0.0840 e. The van der Waals surface area contributed by atoms with Crippen LogP contribution >= 0.6 is 0 Å². The van der Waals surface area contributed by atoms with E-state index >= 15 is 0 Å². The highest BCUT2D eigenvalue weighted by Crippen LogP contribution is 2.08. The first-order chi connectivity index (χ1) is 6.39. The lowest BCUT2D eigenvalue weighted by molar-refractivity contribution is -0.929. The molecule has 0 saturated heterocycles. The summed E-state index contributed by atoms with van der Waals surface area (Å²) < 4.78 is 2.39. The molecule has 2 nitrogen and oxygen atoms in total. The fourth-order valence-corrected chi connectivity index (χ4v) is 2.03. The van der Waals surface area contributed by atoms with Gasteiger partial charge in [-0.25, -0.2) is 0 Å². The molecule has 0 aromatic heterocycles. The van der Waals surface area contributed by atoms with Gasteiger partial charge in [-0.2, -0.15) is 0 Å². The van der Waals surface area contributed by atoms with Gasteiger partial charge in [0, 0.05) is 6.42 Å². The minimum atomic E-state index is 0. The zero-order chi connectivity index (χ0) is 11.2. The molecule has 0 spiro atoms. The van der Waals surface area contributed by atoms with Crippen LogP contribution in [0.5, 0.6) is 0 Å². The average molecular weight is 426 g/mol. The molecule has 0 aromatic rings. The molecule has 0 rings (SSSR count). The standard InChI is InChI=1S/C12H30N2.4CH4.2BrH/c1-7-14(8-2,9-3)12-10-11-13(4,5)6;;;;;;/h7-12H2,1-6H3;4*1H4;2*1H/q+2;;;;;;/p-2. The molecule has 0 amide bonds. The Morgan fingerprint density at radius 1 is 0.600 bits per heavy atom. The SMILES string of the molecule is C.C.C.C.CC[N+](CC)(CC)CCC[N+](C)(C)C.[Br-].[Br-]. The Labute approximate surface area is 153 Å². The molecule has 0 unspecified atom stereocenters. The molecule has 20 heavy (non-hydrogen) atoms. The molecule has 0 fully saturated rings. The summed E-state index contributed by atoms with van der Waals surface area (Å²) in [5, 5.41) is 0. The number of hydrogen-bond donors (Lipinski definition) is 0. The Morgan fingerprint density at radius 3 is 1.10 bits per heavy atom. The highest BCUT2D eigenvalue weighted by atomic mass is 79.9. The third-order valence-corrected chi connectivity index (χ3v) is 3.47. The van der Waals surface area contributed by atoms with Gasteiger partial charge in [-0.1, -0.05) is 29.7 Å². The fourth-order valence-electron chi connectivity index (χ4n) is 2.03. The van der Waals surface area contributed by atoms with E-state index in [1.54, 1.807) is 0 Å². The molecule has 0 radical (unpaired) electrons. The van der Waals surface area contributed by atoms with Gasteiger partial charge in [-0.3, -0.25) is 0 Å². The molecular weight excluding hydrogens is 380 g/mol. The van der Waals surface area contributed by atoms with Gasteiger partial charge < -0.3 is 42.9 Å². The highest BCUT2D eigenvalue weighted by molar-refractivity contribution is 4.40. The van der Waals surface area contributed by atoms with Crippen LogP contribution in [0.3, 0.4) is 0 Å². The Balaban J connectivity index is -0.0000000563. The van der Waals surface area contributed by atoms with E-state index < -0.39 is 0 Å². The maximum atomic E-state index is 2.32. The predicted octanol–water partition coefficient (Wildman–Crippen LogP) is -1.49. The van der Waals surface area contributed by atoms with Crippen molar-refractivity contribution in [3.8, 4) is 0 Å². The van der Waals surface area contributed by atoms with Crippen molar-refractivity contribution in [3.63, 3.8) is 0 Å². The number of nitrogens with zero attached hydrogens (tertiary/aromatic N) is 2. The Morgan fingerprint density at radius 2 is 0.900 bits per heavy atom. The predicted molar refractivity (Wildman–Crippen MR) is 91.2 cm³/mol. The normalized spacial score (nSPS) is 9.30. The van der Waals surface area contributed by atoms with Crippen molar-refractivity contribution < 1.29 is 42.9 Å². The smallest absolute Gasteiger partial charge is 0.0840 e. The number of halogens is 2. The van der Waals surface area contributed by atoms with E-state index in [0.717, 1.165) is 4.48 Å². The largest absolute Gasteiger partial charge is 1.00 e. The van der Waals surface area contributed by atoms with Crippen molar-refractivity contribution in [2.45, 2.75) is 56.9 Å². The first-order valence-electron chi connectivity index (χ1n) is 6.04. The zero-order valence-electron chi connectivity index (χ0n) is 11.9. The van der Waals surface area contributed by atoms with Crippen LogP contribution in [0.25, 0.3) is 0 Å². The van der Waals surface area contributed by atoms with Gasteiger partial charge in [-0.05, 0) is 20.8 Å². The van der Waals surface area contributed by atoms with E-state index in [0.29, 0.717) is 0 Å². The van der Waals surface area contributed by atoms with Gasteiger partial charge in [0.15, 0.2) is 0 Å². The third kappa shape index (κ3) is 18.9. The van der Waals surface area contributed by atoms with Crippen LogP contribution in [-0.4, -0.2) is 62.8 Å². The van der Waals surface area contributed by atoms with Gasteiger partial charge in [0.2, 0.25) is 0 Å². The van der Waals surface area contributed by atoms with Gasteiger partial charge in [0.05, 0.1) is 53.9 Å². The first kappa shape index (κ1) is 42.8. The second-order valence-corrected chi connectivity index (χ2v) is 5.38. The van der Waals surface area contributed by atoms with Crippen molar-refractivity contribution in [1.29, 1.82) is 0 Å². The molecule has 0 aromatic carbocycles.